The highest BCUT2D eigenvalue weighted by Gasteiger charge is 2.44. The summed E-state index contributed by atoms with van der Waals surface area (Å²) >= 11 is 0. The first kappa shape index (κ1) is 17.6. The SMILES string of the molecule is CS(=O)(=O)OC[C@@H]1CO[C@@](Cn2ccnc2)(c2ccc(C#N)cc2)O1. The van der Waals surface area contributed by atoms with Crippen LogP contribution in [0.5, 0.6) is 0 Å². The second kappa shape index (κ2) is 6.93. The van der Waals surface area contributed by atoms with Crippen LogP contribution in [0.25, 0.3) is 0 Å². The highest BCUT2D eigenvalue weighted by Crippen LogP contribution is 2.36. The van der Waals surface area contributed by atoms with Crippen LogP contribution < -0.4 is 0 Å². The molecule has 1 aliphatic rings. The molecule has 0 aliphatic carbocycles. The molecule has 2 atom stereocenters. The molecule has 3 rings (SSSR count). The van der Waals surface area contributed by atoms with Crippen molar-refractivity contribution in [2.24, 2.45) is 0 Å². The van der Waals surface area contributed by atoms with E-state index in [1.807, 2.05) is 0 Å². The zero-order valence-corrected chi connectivity index (χ0v) is 14.3. The molecule has 8 nitrogen and oxygen atoms in total. The monoisotopic (exact) mass is 363 g/mol. The van der Waals surface area contributed by atoms with Gasteiger partial charge in [0, 0.05) is 18.0 Å². The number of aromatic nitrogens is 2. The van der Waals surface area contributed by atoms with Gasteiger partial charge in [0.2, 0.25) is 5.79 Å². The van der Waals surface area contributed by atoms with Crippen LogP contribution in [0.2, 0.25) is 0 Å². The third kappa shape index (κ3) is 4.24. The van der Waals surface area contributed by atoms with E-state index in [4.69, 9.17) is 18.9 Å². The third-order valence-corrected chi connectivity index (χ3v) is 4.30. The summed E-state index contributed by atoms with van der Waals surface area (Å²) in [5, 5.41) is 8.96. The molecule has 1 aromatic heterocycles. The minimum absolute atomic E-state index is 0.124. The van der Waals surface area contributed by atoms with Gasteiger partial charge in [0.1, 0.15) is 6.10 Å². The van der Waals surface area contributed by atoms with Crippen molar-refractivity contribution < 1.29 is 22.1 Å². The molecule has 1 aromatic carbocycles. The second-order valence-electron chi connectivity index (χ2n) is 5.72. The van der Waals surface area contributed by atoms with Crippen molar-refractivity contribution in [3.05, 3.63) is 54.1 Å². The van der Waals surface area contributed by atoms with E-state index in [1.54, 1.807) is 47.6 Å². The summed E-state index contributed by atoms with van der Waals surface area (Å²) in [4.78, 5) is 4.01. The van der Waals surface area contributed by atoms with Gasteiger partial charge >= 0.3 is 0 Å². The quantitative estimate of drug-likeness (QED) is 0.705. The predicted molar refractivity (Wildman–Crippen MR) is 86.7 cm³/mol. The molecule has 1 aliphatic heterocycles. The molecule has 0 unspecified atom stereocenters. The zero-order valence-electron chi connectivity index (χ0n) is 13.5. The average molecular weight is 363 g/mol. The van der Waals surface area contributed by atoms with Gasteiger partial charge < -0.3 is 14.0 Å². The maximum Gasteiger partial charge on any atom is 0.264 e. The van der Waals surface area contributed by atoms with E-state index < -0.39 is 22.0 Å². The molecule has 25 heavy (non-hydrogen) atoms. The molecule has 2 heterocycles. The van der Waals surface area contributed by atoms with E-state index in [2.05, 4.69) is 11.1 Å². The van der Waals surface area contributed by atoms with Crippen LogP contribution in [0.15, 0.2) is 43.0 Å². The van der Waals surface area contributed by atoms with E-state index in [1.165, 1.54) is 0 Å². The Hall–Kier alpha value is -2.25. The Balaban J connectivity index is 1.84. The molecule has 132 valence electrons. The second-order valence-corrected chi connectivity index (χ2v) is 7.36. The molecule has 0 bridgehead atoms. The van der Waals surface area contributed by atoms with Crippen molar-refractivity contribution in [3.8, 4) is 6.07 Å². The van der Waals surface area contributed by atoms with Crippen LogP contribution in [0.1, 0.15) is 11.1 Å². The van der Waals surface area contributed by atoms with Crippen LogP contribution in [-0.2, 0) is 36.1 Å². The van der Waals surface area contributed by atoms with Crippen LogP contribution in [0.3, 0.4) is 0 Å². The number of hydrogen-bond acceptors (Lipinski definition) is 7. The van der Waals surface area contributed by atoms with E-state index in [-0.39, 0.29) is 13.2 Å². The summed E-state index contributed by atoms with van der Waals surface area (Å²) in [5.74, 6) is -1.11. The lowest BCUT2D eigenvalue weighted by Gasteiger charge is -2.29. The van der Waals surface area contributed by atoms with Gasteiger partial charge in [-0.1, -0.05) is 12.1 Å². The molecule has 0 spiro atoms. The van der Waals surface area contributed by atoms with Gasteiger partial charge in [0.15, 0.2) is 0 Å². The fraction of sp³-hybridized carbons (Fsp3) is 0.375. The molecular formula is C16H17N3O5S. The number of rotatable bonds is 6. The minimum Gasteiger partial charge on any atom is -0.342 e. The number of hydrogen-bond donors (Lipinski definition) is 0. The van der Waals surface area contributed by atoms with Gasteiger partial charge in [0.25, 0.3) is 10.1 Å². The molecule has 0 N–H and O–H groups in total. The van der Waals surface area contributed by atoms with Crippen LogP contribution in [0, 0.1) is 11.3 Å². The van der Waals surface area contributed by atoms with Gasteiger partial charge in [-0.3, -0.25) is 4.18 Å². The summed E-state index contributed by atoms with van der Waals surface area (Å²) in [6.45, 7) is 0.388. The lowest BCUT2D eigenvalue weighted by atomic mass is 10.0. The molecule has 1 saturated heterocycles. The first-order valence-electron chi connectivity index (χ1n) is 7.53. The number of nitrogens with zero attached hydrogens (tertiary/aromatic N) is 3. The van der Waals surface area contributed by atoms with Crippen molar-refractivity contribution in [1.82, 2.24) is 9.55 Å². The van der Waals surface area contributed by atoms with E-state index >= 15 is 0 Å². The lowest BCUT2D eigenvalue weighted by Crippen LogP contribution is -2.34. The van der Waals surface area contributed by atoms with Gasteiger partial charge in [-0.25, -0.2) is 4.98 Å². The van der Waals surface area contributed by atoms with Gasteiger partial charge in [-0.15, -0.1) is 0 Å². The van der Waals surface area contributed by atoms with E-state index in [0.717, 1.165) is 11.8 Å². The van der Waals surface area contributed by atoms with Gasteiger partial charge in [-0.2, -0.15) is 13.7 Å². The molecule has 1 fully saturated rings. The minimum atomic E-state index is -3.56. The smallest absolute Gasteiger partial charge is 0.264 e. The summed E-state index contributed by atoms with van der Waals surface area (Å²) in [6.07, 6.45) is 5.51. The first-order valence-corrected chi connectivity index (χ1v) is 9.34. The number of imidazole rings is 1. The summed E-state index contributed by atoms with van der Waals surface area (Å²) in [5.41, 5.74) is 1.25. The maximum absolute atomic E-state index is 11.2. The Labute approximate surface area is 145 Å². The van der Waals surface area contributed by atoms with Gasteiger partial charge in [0.05, 0.1) is 44.0 Å². The molecule has 0 saturated carbocycles. The lowest BCUT2D eigenvalue weighted by molar-refractivity contribution is -0.189. The van der Waals surface area contributed by atoms with Crippen molar-refractivity contribution in [2.45, 2.75) is 18.4 Å². The zero-order chi connectivity index (χ0) is 17.9. The van der Waals surface area contributed by atoms with E-state index in [9.17, 15) is 8.42 Å². The molecular weight excluding hydrogens is 346 g/mol. The Morgan fingerprint density at radius 3 is 2.80 bits per heavy atom. The van der Waals surface area contributed by atoms with Crippen molar-refractivity contribution in [2.75, 3.05) is 19.5 Å². The number of nitriles is 1. The molecule has 2 aromatic rings. The Morgan fingerprint density at radius 1 is 1.44 bits per heavy atom. The Morgan fingerprint density at radius 2 is 2.20 bits per heavy atom. The molecule has 9 heteroatoms. The summed E-state index contributed by atoms with van der Waals surface area (Å²) in [7, 11) is -3.56. The topological polar surface area (TPSA) is 103 Å². The fourth-order valence-corrected chi connectivity index (χ4v) is 2.99. The summed E-state index contributed by atoms with van der Waals surface area (Å²) < 4.78 is 40.9. The normalized spacial score (nSPS) is 23.4. The van der Waals surface area contributed by atoms with Crippen molar-refractivity contribution >= 4 is 10.1 Å². The molecule has 0 amide bonds. The highest BCUT2D eigenvalue weighted by molar-refractivity contribution is 7.85. The fourth-order valence-electron chi connectivity index (χ4n) is 2.59. The number of ether oxygens (including phenoxy) is 2. The average Bonchev–Trinajstić information content (AvgIpc) is 3.23. The van der Waals surface area contributed by atoms with Crippen LogP contribution in [-0.4, -0.2) is 43.5 Å². The largest absolute Gasteiger partial charge is 0.342 e. The van der Waals surface area contributed by atoms with E-state index in [0.29, 0.717) is 12.1 Å². The molecule has 0 radical (unpaired) electrons. The standard InChI is InChI=1S/C16H17N3O5S/c1-25(20,21)23-10-15-9-22-16(24-15,11-19-7-6-18-12-19)14-4-2-13(8-17)3-5-14/h2-7,12,15H,9-11H2,1H3/t15-,16+/m0/s1. The third-order valence-electron chi connectivity index (χ3n) is 3.73. The van der Waals surface area contributed by atoms with Crippen LogP contribution >= 0.6 is 0 Å². The Bertz CT molecular complexity index is 858. The van der Waals surface area contributed by atoms with Gasteiger partial charge in [-0.05, 0) is 12.1 Å². The Kier molecular flexibility index (Phi) is 4.87. The summed E-state index contributed by atoms with van der Waals surface area (Å²) in [6, 6.07) is 8.94. The van der Waals surface area contributed by atoms with Crippen molar-refractivity contribution in [3.63, 3.8) is 0 Å². The number of benzene rings is 1. The van der Waals surface area contributed by atoms with Crippen LogP contribution in [0.4, 0.5) is 0 Å². The first-order chi connectivity index (χ1) is 11.9. The highest BCUT2D eigenvalue weighted by atomic mass is 32.2. The van der Waals surface area contributed by atoms with Crippen molar-refractivity contribution in [1.29, 1.82) is 5.26 Å². The predicted octanol–water partition coefficient (Wildman–Crippen LogP) is 0.999. The maximum atomic E-state index is 11.2.